The second-order valence-electron chi connectivity index (χ2n) is 4.41. The normalized spacial score (nSPS) is 13.7. The van der Waals surface area contributed by atoms with Crippen LogP contribution in [0.3, 0.4) is 0 Å². The van der Waals surface area contributed by atoms with Gasteiger partial charge in [-0.1, -0.05) is 0 Å². The summed E-state index contributed by atoms with van der Waals surface area (Å²) >= 11 is 0. The molecule has 0 saturated heterocycles. The van der Waals surface area contributed by atoms with Gasteiger partial charge in [-0.15, -0.1) is 0 Å². The van der Waals surface area contributed by atoms with Gasteiger partial charge in [0.05, 0.1) is 17.9 Å². The standard InChI is InChI=1S/C14H14N2O4/c1-2-20-14(19)10-6-8(7-15)12-9(13(10)18)4-3-5-11(17)16-12/h6,18H,2-5H2,1H3,(H,16,17). The van der Waals surface area contributed by atoms with Gasteiger partial charge in [0.1, 0.15) is 17.4 Å². The number of rotatable bonds is 2. The Balaban J connectivity index is 2.60. The van der Waals surface area contributed by atoms with E-state index in [4.69, 9.17) is 10.00 Å². The van der Waals surface area contributed by atoms with Crippen LogP contribution in [-0.4, -0.2) is 23.6 Å². The molecular formula is C14H14N2O4. The zero-order chi connectivity index (χ0) is 14.7. The number of esters is 1. The van der Waals surface area contributed by atoms with Gasteiger partial charge in [0.25, 0.3) is 0 Å². The fourth-order valence-electron chi connectivity index (χ4n) is 2.19. The number of nitrogens with zero attached hydrogens (tertiary/aromatic N) is 1. The number of nitrogens with one attached hydrogen (secondary N) is 1. The first-order valence-electron chi connectivity index (χ1n) is 6.34. The molecule has 6 heteroatoms. The van der Waals surface area contributed by atoms with Gasteiger partial charge in [0.15, 0.2) is 0 Å². The predicted octanol–water partition coefficient (Wildman–Crippen LogP) is 1.72. The van der Waals surface area contributed by atoms with E-state index in [0.717, 1.165) is 0 Å². The van der Waals surface area contributed by atoms with Gasteiger partial charge >= 0.3 is 5.97 Å². The van der Waals surface area contributed by atoms with Crippen molar-refractivity contribution in [2.45, 2.75) is 26.2 Å². The van der Waals surface area contributed by atoms with Crippen LogP contribution in [0.25, 0.3) is 0 Å². The van der Waals surface area contributed by atoms with Crippen LogP contribution < -0.4 is 5.32 Å². The molecule has 6 nitrogen and oxygen atoms in total. The maximum absolute atomic E-state index is 11.8. The number of carbonyl (C=O) groups is 2. The van der Waals surface area contributed by atoms with Crippen molar-refractivity contribution >= 4 is 17.6 Å². The SMILES string of the molecule is CCOC(=O)c1cc(C#N)c2c(c1O)CCCC(=O)N2. The molecule has 0 aromatic heterocycles. The molecule has 0 radical (unpaired) electrons. The number of hydrogen-bond donors (Lipinski definition) is 2. The molecular weight excluding hydrogens is 260 g/mol. The van der Waals surface area contributed by atoms with Gasteiger partial charge in [-0.05, 0) is 25.8 Å². The average Bonchev–Trinajstić information content (AvgIpc) is 2.61. The molecule has 20 heavy (non-hydrogen) atoms. The number of ether oxygens (including phenoxy) is 1. The van der Waals surface area contributed by atoms with Crippen molar-refractivity contribution in [3.05, 3.63) is 22.8 Å². The van der Waals surface area contributed by atoms with E-state index < -0.39 is 5.97 Å². The number of benzene rings is 1. The van der Waals surface area contributed by atoms with E-state index in [9.17, 15) is 14.7 Å². The Labute approximate surface area is 116 Å². The lowest BCUT2D eigenvalue weighted by Crippen LogP contribution is -2.12. The summed E-state index contributed by atoms with van der Waals surface area (Å²) in [7, 11) is 0. The van der Waals surface area contributed by atoms with Crippen molar-refractivity contribution < 1.29 is 19.4 Å². The third-order valence-corrected chi connectivity index (χ3v) is 3.11. The summed E-state index contributed by atoms with van der Waals surface area (Å²) in [5, 5.41) is 22.0. The fourth-order valence-corrected chi connectivity index (χ4v) is 2.19. The number of anilines is 1. The summed E-state index contributed by atoms with van der Waals surface area (Å²) in [6.45, 7) is 1.83. The van der Waals surface area contributed by atoms with E-state index in [2.05, 4.69) is 5.32 Å². The van der Waals surface area contributed by atoms with E-state index >= 15 is 0 Å². The summed E-state index contributed by atoms with van der Waals surface area (Å²) in [5.74, 6) is -1.11. The molecule has 2 N–H and O–H groups in total. The molecule has 0 fully saturated rings. The van der Waals surface area contributed by atoms with Gasteiger partial charge in [-0.2, -0.15) is 5.26 Å². The lowest BCUT2D eigenvalue weighted by Gasteiger charge is -2.14. The Hall–Kier alpha value is -2.55. The number of nitriles is 1. The van der Waals surface area contributed by atoms with Crippen LogP contribution in [0.2, 0.25) is 0 Å². The van der Waals surface area contributed by atoms with E-state index in [0.29, 0.717) is 30.5 Å². The van der Waals surface area contributed by atoms with Crippen LogP contribution in [0.4, 0.5) is 5.69 Å². The second-order valence-corrected chi connectivity index (χ2v) is 4.41. The number of phenols is 1. The third kappa shape index (κ3) is 2.43. The zero-order valence-electron chi connectivity index (χ0n) is 11.0. The highest BCUT2D eigenvalue weighted by Gasteiger charge is 2.25. The molecule has 0 atom stereocenters. The molecule has 0 saturated carbocycles. The molecule has 1 aliphatic rings. The van der Waals surface area contributed by atoms with Crippen LogP contribution in [-0.2, 0) is 16.0 Å². The highest BCUT2D eigenvalue weighted by atomic mass is 16.5. The van der Waals surface area contributed by atoms with Crippen LogP contribution >= 0.6 is 0 Å². The molecule has 0 spiro atoms. The Morgan fingerprint density at radius 3 is 2.95 bits per heavy atom. The molecule has 0 bridgehead atoms. The molecule has 0 unspecified atom stereocenters. The minimum absolute atomic E-state index is 0.0432. The molecule has 1 aromatic carbocycles. The highest BCUT2D eigenvalue weighted by Crippen LogP contribution is 2.36. The Kier molecular flexibility index (Phi) is 3.89. The topological polar surface area (TPSA) is 99.4 Å². The Morgan fingerprint density at radius 1 is 1.55 bits per heavy atom. The maximum Gasteiger partial charge on any atom is 0.341 e. The van der Waals surface area contributed by atoms with Gasteiger partial charge in [0, 0.05) is 12.0 Å². The van der Waals surface area contributed by atoms with Gasteiger partial charge < -0.3 is 15.2 Å². The zero-order valence-corrected chi connectivity index (χ0v) is 11.0. The Morgan fingerprint density at radius 2 is 2.30 bits per heavy atom. The predicted molar refractivity (Wildman–Crippen MR) is 70.3 cm³/mol. The summed E-state index contributed by atoms with van der Waals surface area (Å²) in [4.78, 5) is 23.3. The minimum atomic E-state index is -0.681. The lowest BCUT2D eigenvalue weighted by atomic mass is 9.98. The number of phenolic OH excluding ortho intramolecular Hbond substituents is 1. The van der Waals surface area contributed by atoms with Gasteiger partial charge in [0.2, 0.25) is 5.91 Å². The number of amides is 1. The van der Waals surface area contributed by atoms with Crippen molar-refractivity contribution in [2.75, 3.05) is 11.9 Å². The average molecular weight is 274 g/mol. The molecule has 1 aromatic rings. The fraction of sp³-hybridized carbons (Fsp3) is 0.357. The summed E-state index contributed by atoms with van der Waals surface area (Å²) < 4.78 is 4.86. The summed E-state index contributed by atoms with van der Waals surface area (Å²) in [5.41, 5.74) is 0.813. The van der Waals surface area contributed by atoms with Gasteiger partial charge in [-0.3, -0.25) is 4.79 Å². The minimum Gasteiger partial charge on any atom is -0.507 e. The van der Waals surface area contributed by atoms with Crippen LogP contribution in [0.15, 0.2) is 6.07 Å². The number of carbonyl (C=O) groups excluding carboxylic acids is 2. The van der Waals surface area contributed by atoms with E-state index in [-0.39, 0.29) is 29.4 Å². The smallest absolute Gasteiger partial charge is 0.341 e. The molecule has 2 rings (SSSR count). The first kappa shape index (κ1) is 13.9. The quantitative estimate of drug-likeness (QED) is 0.800. The van der Waals surface area contributed by atoms with E-state index in [1.165, 1.54) is 6.07 Å². The van der Waals surface area contributed by atoms with E-state index in [1.807, 2.05) is 6.07 Å². The summed E-state index contributed by atoms with van der Waals surface area (Å²) in [6.07, 6.45) is 1.28. The molecule has 1 heterocycles. The molecule has 1 amide bonds. The number of fused-ring (bicyclic) bond motifs is 1. The van der Waals surface area contributed by atoms with Crippen molar-refractivity contribution in [1.82, 2.24) is 0 Å². The largest absolute Gasteiger partial charge is 0.507 e. The maximum atomic E-state index is 11.8. The van der Waals surface area contributed by atoms with Crippen LogP contribution in [0.5, 0.6) is 5.75 Å². The number of hydrogen-bond acceptors (Lipinski definition) is 5. The van der Waals surface area contributed by atoms with Crippen molar-refractivity contribution in [3.63, 3.8) is 0 Å². The molecule has 1 aliphatic heterocycles. The first-order valence-corrected chi connectivity index (χ1v) is 6.34. The van der Waals surface area contributed by atoms with Gasteiger partial charge in [-0.25, -0.2) is 4.79 Å². The highest BCUT2D eigenvalue weighted by molar-refractivity contribution is 5.99. The van der Waals surface area contributed by atoms with Crippen molar-refractivity contribution in [3.8, 4) is 11.8 Å². The number of aromatic hydroxyl groups is 1. The third-order valence-electron chi connectivity index (χ3n) is 3.11. The van der Waals surface area contributed by atoms with Crippen molar-refractivity contribution in [2.24, 2.45) is 0 Å². The van der Waals surface area contributed by atoms with Crippen LogP contribution in [0, 0.1) is 11.3 Å². The lowest BCUT2D eigenvalue weighted by molar-refractivity contribution is -0.116. The summed E-state index contributed by atoms with van der Waals surface area (Å²) in [6, 6.07) is 3.18. The molecule has 0 aliphatic carbocycles. The molecule has 104 valence electrons. The Bertz CT molecular complexity index is 617. The second kappa shape index (κ2) is 5.61. The monoisotopic (exact) mass is 274 g/mol. The first-order chi connectivity index (χ1) is 9.58. The van der Waals surface area contributed by atoms with E-state index in [1.54, 1.807) is 6.92 Å². The van der Waals surface area contributed by atoms with Crippen molar-refractivity contribution in [1.29, 1.82) is 5.26 Å². The van der Waals surface area contributed by atoms with Crippen LogP contribution in [0.1, 0.15) is 41.3 Å².